The van der Waals surface area contributed by atoms with Crippen LogP contribution in [0.2, 0.25) is 5.02 Å². The maximum atomic E-state index is 11.4. The summed E-state index contributed by atoms with van der Waals surface area (Å²) in [4.78, 5) is 11.4. The van der Waals surface area contributed by atoms with Gasteiger partial charge < -0.3 is 20.1 Å². The summed E-state index contributed by atoms with van der Waals surface area (Å²) < 4.78 is 10.1. The number of urea groups is 1. The van der Waals surface area contributed by atoms with Gasteiger partial charge in [-0.1, -0.05) is 11.6 Å². The topological polar surface area (TPSA) is 83.4 Å². The number of nitrogens with zero attached hydrogens (tertiary/aromatic N) is 1. The average molecular weight is 270 g/mol. The lowest BCUT2D eigenvalue weighted by Crippen LogP contribution is -2.29. The van der Waals surface area contributed by atoms with Crippen LogP contribution in [0.4, 0.5) is 10.5 Å². The van der Waals surface area contributed by atoms with Crippen molar-refractivity contribution < 1.29 is 14.3 Å². The largest absolute Gasteiger partial charge is 0.495 e. The maximum Gasteiger partial charge on any atom is 0.320 e. The number of halogens is 1. The maximum absolute atomic E-state index is 11.4. The number of benzene rings is 1. The molecule has 0 saturated carbocycles. The van der Waals surface area contributed by atoms with Crippen LogP contribution in [0.3, 0.4) is 0 Å². The van der Waals surface area contributed by atoms with Crippen molar-refractivity contribution in [3.63, 3.8) is 0 Å². The zero-order valence-electron chi connectivity index (χ0n) is 9.91. The third-order valence-corrected chi connectivity index (χ3v) is 2.35. The molecule has 2 N–H and O–H groups in total. The Morgan fingerprint density at radius 2 is 2.06 bits per heavy atom. The first-order chi connectivity index (χ1) is 8.62. The second-order valence-corrected chi connectivity index (χ2v) is 3.56. The van der Waals surface area contributed by atoms with Crippen molar-refractivity contribution in [1.82, 2.24) is 5.32 Å². The summed E-state index contributed by atoms with van der Waals surface area (Å²) in [7, 11) is 2.92. The van der Waals surface area contributed by atoms with E-state index >= 15 is 0 Å². The molecule has 0 saturated heterocycles. The molecule has 0 atom stereocenters. The lowest BCUT2D eigenvalue weighted by molar-refractivity contribution is 0.253. The molecule has 0 heterocycles. The first kappa shape index (κ1) is 13.9. The highest BCUT2D eigenvalue weighted by atomic mass is 35.5. The molecule has 0 aliphatic carbocycles. The minimum absolute atomic E-state index is 0.0845. The van der Waals surface area contributed by atoms with E-state index in [2.05, 4.69) is 10.6 Å². The Balaban J connectivity index is 2.93. The molecule has 0 aromatic heterocycles. The molecule has 1 aromatic rings. The lowest BCUT2D eigenvalue weighted by Gasteiger charge is -2.13. The van der Waals surface area contributed by atoms with E-state index in [0.717, 1.165) is 0 Å². The molecule has 0 aliphatic heterocycles. The second-order valence-electron chi connectivity index (χ2n) is 3.15. The number of hydrogen-bond donors (Lipinski definition) is 2. The minimum atomic E-state index is -0.515. The highest BCUT2D eigenvalue weighted by molar-refractivity contribution is 6.32. The Bertz CT molecular complexity index is 485. The van der Waals surface area contributed by atoms with Crippen molar-refractivity contribution in [2.45, 2.75) is 0 Å². The standard InChI is InChI=1S/C11H12ClN3O3/c1-17-9-6-8(10(18-2)5-7(9)12)15-11(16)14-4-3-13/h5-6H,4H2,1-2H3,(H2,14,15,16). The number of anilines is 1. The van der Waals surface area contributed by atoms with Crippen molar-refractivity contribution in [2.24, 2.45) is 0 Å². The van der Waals surface area contributed by atoms with Gasteiger partial charge in [-0.05, 0) is 0 Å². The van der Waals surface area contributed by atoms with Gasteiger partial charge in [0, 0.05) is 12.1 Å². The summed E-state index contributed by atoms with van der Waals surface area (Å²) in [6.07, 6.45) is 0. The molecule has 0 bridgehead atoms. The van der Waals surface area contributed by atoms with Crippen LogP contribution in [0.15, 0.2) is 12.1 Å². The Morgan fingerprint density at radius 1 is 1.39 bits per heavy atom. The van der Waals surface area contributed by atoms with Gasteiger partial charge in [0.05, 0.1) is 31.0 Å². The van der Waals surface area contributed by atoms with E-state index in [1.54, 1.807) is 6.07 Å². The molecule has 2 amide bonds. The Hall–Kier alpha value is -2.13. The third kappa shape index (κ3) is 3.43. The normalized spacial score (nSPS) is 9.22. The van der Waals surface area contributed by atoms with Gasteiger partial charge in [-0.15, -0.1) is 0 Å². The fourth-order valence-electron chi connectivity index (χ4n) is 1.24. The van der Waals surface area contributed by atoms with E-state index in [1.807, 2.05) is 0 Å². The number of nitrogens with one attached hydrogen (secondary N) is 2. The Morgan fingerprint density at radius 3 is 2.61 bits per heavy atom. The summed E-state index contributed by atoms with van der Waals surface area (Å²) in [5.74, 6) is 0.806. The number of carbonyl (C=O) groups excluding carboxylic acids is 1. The van der Waals surface area contributed by atoms with E-state index in [0.29, 0.717) is 22.2 Å². The highest BCUT2D eigenvalue weighted by Gasteiger charge is 2.12. The monoisotopic (exact) mass is 269 g/mol. The molecule has 1 aromatic carbocycles. The summed E-state index contributed by atoms with van der Waals surface area (Å²) in [5.41, 5.74) is 0.397. The SMILES string of the molecule is COc1cc(NC(=O)NCC#N)c(OC)cc1Cl. The van der Waals surface area contributed by atoms with Crippen LogP contribution in [0.25, 0.3) is 0 Å². The van der Waals surface area contributed by atoms with Gasteiger partial charge in [-0.3, -0.25) is 0 Å². The first-order valence-electron chi connectivity index (χ1n) is 4.95. The third-order valence-electron chi connectivity index (χ3n) is 2.05. The molecular formula is C11H12ClN3O3. The van der Waals surface area contributed by atoms with Crippen LogP contribution >= 0.6 is 11.6 Å². The molecular weight excluding hydrogens is 258 g/mol. The zero-order chi connectivity index (χ0) is 13.5. The fourth-order valence-corrected chi connectivity index (χ4v) is 1.48. The van der Waals surface area contributed by atoms with Crippen molar-refractivity contribution in [1.29, 1.82) is 5.26 Å². The quantitative estimate of drug-likeness (QED) is 0.819. The predicted octanol–water partition coefficient (Wildman–Crippen LogP) is 2.00. The fraction of sp³-hybridized carbons (Fsp3) is 0.273. The summed E-state index contributed by atoms with van der Waals surface area (Å²) in [6, 6.07) is 4.34. The zero-order valence-corrected chi connectivity index (χ0v) is 10.7. The highest BCUT2D eigenvalue weighted by Crippen LogP contribution is 2.35. The smallest absolute Gasteiger partial charge is 0.320 e. The van der Waals surface area contributed by atoms with Gasteiger partial charge in [-0.25, -0.2) is 4.79 Å². The first-order valence-corrected chi connectivity index (χ1v) is 5.33. The number of ether oxygens (including phenoxy) is 2. The molecule has 1 rings (SSSR count). The molecule has 0 aliphatic rings. The van der Waals surface area contributed by atoms with Crippen LogP contribution in [0.5, 0.6) is 11.5 Å². The molecule has 0 radical (unpaired) electrons. The molecule has 0 unspecified atom stereocenters. The molecule has 18 heavy (non-hydrogen) atoms. The number of amides is 2. The summed E-state index contributed by atoms with van der Waals surface area (Å²) in [5, 5.41) is 13.6. The number of methoxy groups -OCH3 is 2. The average Bonchev–Trinajstić information content (AvgIpc) is 2.37. The van der Waals surface area contributed by atoms with E-state index in [9.17, 15) is 4.79 Å². The molecule has 0 spiro atoms. The van der Waals surface area contributed by atoms with Gasteiger partial charge in [0.25, 0.3) is 0 Å². The number of nitriles is 1. The van der Waals surface area contributed by atoms with Gasteiger partial charge in [0.15, 0.2) is 0 Å². The Labute approximate surface area is 109 Å². The summed E-state index contributed by atoms with van der Waals surface area (Å²) >= 11 is 5.92. The predicted molar refractivity (Wildman–Crippen MR) is 67.2 cm³/mol. The van der Waals surface area contributed by atoms with E-state index in [-0.39, 0.29) is 6.54 Å². The molecule has 0 fully saturated rings. The van der Waals surface area contributed by atoms with Crippen molar-refractivity contribution in [3.8, 4) is 17.6 Å². The van der Waals surface area contributed by atoms with E-state index in [4.69, 9.17) is 26.3 Å². The van der Waals surface area contributed by atoms with Gasteiger partial charge in [0.2, 0.25) is 0 Å². The van der Waals surface area contributed by atoms with Crippen LogP contribution in [-0.4, -0.2) is 26.8 Å². The number of hydrogen-bond acceptors (Lipinski definition) is 4. The van der Waals surface area contributed by atoms with Gasteiger partial charge >= 0.3 is 6.03 Å². The van der Waals surface area contributed by atoms with Crippen LogP contribution in [0.1, 0.15) is 0 Å². The summed E-state index contributed by atoms with van der Waals surface area (Å²) in [6.45, 7) is -0.0845. The van der Waals surface area contributed by atoms with Crippen LogP contribution < -0.4 is 20.1 Å². The minimum Gasteiger partial charge on any atom is -0.495 e. The van der Waals surface area contributed by atoms with Crippen molar-refractivity contribution >= 4 is 23.3 Å². The van der Waals surface area contributed by atoms with E-state index < -0.39 is 6.03 Å². The molecule has 7 heteroatoms. The second kappa shape index (κ2) is 6.57. The molecule has 6 nitrogen and oxygen atoms in total. The van der Waals surface area contributed by atoms with Crippen molar-refractivity contribution in [3.05, 3.63) is 17.2 Å². The number of rotatable bonds is 4. The lowest BCUT2D eigenvalue weighted by atomic mass is 10.2. The van der Waals surface area contributed by atoms with Crippen molar-refractivity contribution in [2.75, 3.05) is 26.1 Å². The van der Waals surface area contributed by atoms with Crippen LogP contribution in [0, 0.1) is 11.3 Å². The van der Waals surface area contributed by atoms with Gasteiger partial charge in [-0.2, -0.15) is 5.26 Å². The Kier molecular flexibility index (Phi) is 5.08. The molecule has 96 valence electrons. The van der Waals surface area contributed by atoms with Gasteiger partial charge in [0.1, 0.15) is 18.0 Å². The van der Waals surface area contributed by atoms with Crippen LogP contribution in [-0.2, 0) is 0 Å². The number of carbonyl (C=O) groups is 1. The van der Waals surface area contributed by atoms with E-state index in [1.165, 1.54) is 26.4 Å².